The van der Waals surface area contributed by atoms with Gasteiger partial charge in [-0.15, -0.1) is 0 Å². The number of hydrogen-bond acceptors (Lipinski definition) is 5. The highest BCUT2D eigenvalue weighted by atomic mass is 16.7. The Labute approximate surface area is 111 Å². The van der Waals surface area contributed by atoms with Crippen LogP contribution in [-0.2, 0) is 11.2 Å². The largest absolute Gasteiger partial charge is 0.496 e. The summed E-state index contributed by atoms with van der Waals surface area (Å²) in [4.78, 5) is 0. The van der Waals surface area contributed by atoms with Gasteiger partial charge in [0.05, 0.1) is 20.3 Å². The number of ether oxygens (including phenoxy) is 3. The minimum Gasteiger partial charge on any atom is -0.496 e. The van der Waals surface area contributed by atoms with E-state index in [9.17, 15) is 10.2 Å². The lowest BCUT2D eigenvalue weighted by Crippen LogP contribution is -2.50. The molecule has 5 heteroatoms. The van der Waals surface area contributed by atoms with Gasteiger partial charge in [-0.25, -0.2) is 0 Å². The van der Waals surface area contributed by atoms with Crippen LogP contribution >= 0.6 is 0 Å². The number of aliphatic hydroxyl groups is 2. The van der Waals surface area contributed by atoms with Crippen molar-refractivity contribution in [3.63, 3.8) is 0 Å². The summed E-state index contributed by atoms with van der Waals surface area (Å²) in [6.45, 7) is 1.50. The molecule has 0 amide bonds. The fourth-order valence-electron chi connectivity index (χ4n) is 3.14. The van der Waals surface area contributed by atoms with Gasteiger partial charge in [0.15, 0.2) is 5.79 Å². The Morgan fingerprint density at radius 3 is 2.47 bits per heavy atom. The number of fused-ring (bicyclic) bond motifs is 4. The lowest BCUT2D eigenvalue weighted by Gasteiger charge is -2.34. The highest BCUT2D eigenvalue weighted by Crippen LogP contribution is 2.55. The van der Waals surface area contributed by atoms with E-state index in [2.05, 4.69) is 0 Å². The highest BCUT2D eigenvalue weighted by Gasteiger charge is 2.59. The van der Waals surface area contributed by atoms with Crippen LogP contribution in [0.15, 0.2) is 12.1 Å². The summed E-state index contributed by atoms with van der Waals surface area (Å²) in [5.74, 6) is -0.187. The molecule has 1 aromatic rings. The Bertz CT molecular complexity index is 523. The van der Waals surface area contributed by atoms with E-state index < -0.39 is 11.4 Å². The molecule has 2 aliphatic rings. The van der Waals surface area contributed by atoms with E-state index in [0.29, 0.717) is 17.9 Å². The van der Waals surface area contributed by atoms with Gasteiger partial charge in [0, 0.05) is 24.0 Å². The summed E-state index contributed by atoms with van der Waals surface area (Å²) in [5.41, 5.74) is 0.423. The molecule has 2 bridgehead atoms. The number of benzene rings is 1. The second kappa shape index (κ2) is 3.85. The summed E-state index contributed by atoms with van der Waals surface area (Å²) >= 11 is 0. The average Bonchev–Trinajstić information content (AvgIpc) is 2.54. The SMILES string of the molecule is COc1ccc(OC)c2c1C[C@]1(O)C[C@H]2O[C@]1(C)O. The first kappa shape index (κ1) is 12.7. The fourth-order valence-corrected chi connectivity index (χ4v) is 3.14. The van der Waals surface area contributed by atoms with Gasteiger partial charge < -0.3 is 24.4 Å². The number of methoxy groups -OCH3 is 2. The smallest absolute Gasteiger partial charge is 0.193 e. The Morgan fingerprint density at radius 1 is 1.21 bits per heavy atom. The predicted molar refractivity (Wildman–Crippen MR) is 67.3 cm³/mol. The zero-order valence-electron chi connectivity index (χ0n) is 11.3. The van der Waals surface area contributed by atoms with Crippen molar-refractivity contribution in [2.45, 2.75) is 37.3 Å². The lowest BCUT2D eigenvalue weighted by molar-refractivity contribution is -0.248. The van der Waals surface area contributed by atoms with E-state index in [-0.39, 0.29) is 12.5 Å². The zero-order chi connectivity index (χ0) is 13.8. The second-order valence-electron chi connectivity index (χ2n) is 5.36. The number of hydrogen-bond donors (Lipinski definition) is 2. The normalized spacial score (nSPS) is 35.9. The topological polar surface area (TPSA) is 68.2 Å². The van der Waals surface area contributed by atoms with Crippen molar-refractivity contribution in [2.75, 3.05) is 14.2 Å². The average molecular weight is 266 g/mol. The van der Waals surface area contributed by atoms with Crippen LogP contribution in [0.25, 0.3) is 0 Å². The van der Waals surface area contributed by atoms with Crippen molar-refractivity contribution in [2.24, 2.45) is 0 Å². The molecule has 2 N–H and O–H groups in total. The minimum atomic E-state index is -1.56. The monoisotopic (exact) mass is 266 g/mol. The van der Waals surface area contributed by atoms with Gasteiger partial charge in [-0.1, -0.05) is 0 Å². The third-order valence-corrected chi connectivity index (χ3v) is 4.26. The molecular weight excluding hydrogens is 248 g/mol. The molecule has 1 aliphatic carbocycles. The maximum Gasteiger partial charge on any atom is 0.193 e. The molecule has 3 rings (SSSR count). The molecule has 19 heavy (non-hydrogen) atoms. The molecule has 0 aromatic heterocycles. The Balaban J connectivity index is 2.19. The van der Waals surface area contributed by atoms with Crippen LogP contribution in [0.3, 0.4) is 0 Å². The molecule has 0 spiro atoms. The summed E-state index contributed by atoms with van der Waals surface area (Å²) in [5, 5.41) is 20.9. The van der Waals surface area contributed by atoms with Crippen molar-refractivity contribution < 1.29 is 24.4 Å². The first-order valence-corrected chi connectivity index (χ1v) is 6.28. The summed E-state index contributed by atoms with van der Waals surface area (Å²) < 4.78 is 16.3. The quantitative estimate of drug-likeness (QED) is 0.840. The molecule has 0 saturated carbocycles. The minimum absolute atomic E-state index is 0.284. The molecule has 1 fully saturated rings. The first-order valence-electron chi connectivity index (χ1n) is 6.28. The lowest BCUT2D eigenvalue weighted by atomic mass is 9.77. The van der Waals surface area contributed by atoms with Crippen LogP contribution in [0.2, 0.25) is 0 Å². The van der Waals surface area contributed by atoms with E-state index in [4.69, 9.17) is 14.2 Å². The summed E-state index contributed by atoms with van der Waals surface area (Å²) in [6.07, 6.45) is 0.261. The van der Waals surface area contributed by atoms with E-state index in [1.165, 1.54) is 6.92 Å². The highest BCUT2D eigenvalue weighted by molar-refractivity contribution is 5.53. The summed E-state index contributed by atoms with van der Waals surface area (Å²) in [7, 11) is 3.18. The van der Waals surface area contributed by atoms with Gasteiger partial charge in [0.2, 0.25) is 0 Å². The number of rotatable bonds is 2. The standard InChI is InChI=1S/C14H18O5/c1-13(15)14(16)6-8-9(17-2)4-5-10(18-3)12(8)11(7-14)19-13/h4-5,11,15-16H,6-7H2,1-3H3/t11-,13+,14+/m1/s1. The molecular formula is C14H18O5. The first-order chi connectivity index (χ1) is 8.92. The van der Waals surface area contributed by atoms with E-state index >= 15 is 0 Å². The van der Waals surface area contributed by atoms with Gasteiger partial charge >= 0.3 is 0 Å². The predicted octanol–water partition coefficient (Wildman–Crippen LogP) is 1.16. The van der Waals surface area contributed by atoms with Crippen LogP contribution in [0.5, 0.6) is 11.5 Å². The van der Waals surface area contributed by atoms with Crippen LogP contribution < -0.4 is 9.47 Å². The van der Waals surface area contributed by atoms with E-state index in [0.717, 1.165) is 11.1 Å². The molecule has 1 aliphatic heterocycles. The summed E-state index contributed by atoms with van der Waals surface area (Å²) in [6, 6.07) is 3.62. The Morgan fingerprint density at radius 2 is 1.84 bits per heavy atom. The molecule has 1 heterocycles. The van der Waals surface area contributed by atoms with Gasteiger partial charge in [-0.05, 0) is 19.1 Å². The maximum absolute atomic E-state index is 10.6. The van der Waals surface area contributed by atoms with Gasteiger partial charge in [0.1, 0.15) is 17.1 Å². The van der Waals surface area contributed by atoms with E-state index in [1.807, 2.05) is 6.07 Å². The van der Waals surface area contributed by atoms with Gasteiger partial charge in [-0.3, -0.25) is 0 Å². The molecule has 5 nitrogen and oxygen atoms in total. The third-order valence-electron chi connectivity index (χ3n) is 4.26. The molecule has 1 aromatic carbocycles. The van der Waals surface area contributed by atoms with Crippen LogP contribution in [0.4, 0.5) is 0 Å². The molecule has 3 atom stereocenters. The second-order valence-corrected chi connectivity index (χ2v) is 5.36. The van der Waals surface area contributed by atoms with Crippen molar-refractivity contribution >= 4 is 0 Å². The van der Waals surface area contributed by atoms with E-state index in [1.54, 1.807) is 20.3 Å². The van der Waals surface area contributed by atoms with Crippen molar-refractivity contribution in [3.05, 3.63) is 23.3 Å². The van der Waals surface area contributed by atoms with Crippen molar-refractivity contribution in [1.29, 1.82) is 0 Å². The zero-order valence-corrected chi connectivity index (χ0v) is 11.3. The van der Waals surface area contributed by atoms with Crippen molar-refractivity contribution in [1.82, 2.24) is 0 Å². The molecule has 104 valence electrons. The van der Waals surface area contributed by atoms with Crippen molar-refractivity contribution in [3.8, 4) is 11.5 Å². The van der Waals surface area contributed by atoms with Gasteiger partial charge in [-0.2, -0.15) is 0 Å². The van der Waals surface area contributed by atoms with Crippen LogP contribution in [0.1, 0.15) is 30.6 Å². The van der Waals surface area contributed by atoms with Gasteiger partial charge in [0.25, 0.3) is 0 Å². The van der Waals surface area contributed by atoms with Crippen LogP contribution in [0, 0.1) is 0 Å². The molecule has 0 radical (unpaired) electrons. The Kier molecular flexibility index (Phi) is 2.58. The Hall–Kier alpha value is -1.30. The maximum atomic E-state index is 10.6. The molecule has 0 unspecified atom stereocenters. The fraction of sp³-hybridized carbons (Fsp3) is 0.571. The van der Waals surface area contributed by atoms with Crippen LogP contribution in [-0.4, -0.2) is 35.8 Å². The third kappa shape index (κ3) is 1.59. The molecule has 1 saturated heterocycles.